The third-order valence-corrected chi connectivity index (χ3v) is 2.03. The number of aliphatic hydroxyl groups is 1. The average Bonchev–Trinajstić information content (AvgIpc) is 2.49. The molecule has 1 fully saturated rings. The van der Waals surface area contributed by atoms with Crippen molar-refractivity contribution in [1.82, 2.24) is 16.0 Å². The van der Waals surface area contributed by atoms with Crippen molar-refractivity contribution in [2.24, 2.45) is 0 Å². The highest BCUT2D eigenvalue weighted by atomic mass is 16.3. The van der Waals surface area contributed by atoms with Gasteiger partial charge in [0, 0.05) is 20.1 Å². The van der Waals surface area contributed by atoms with Crippen LogP contribution in [0.3, 0.4) is 0 Å². The minimum atomic E-state index is -0.757. The number of carbonyl (C=O) groups excluding carboxylic acids is 1. The van der Waals surface area contributed by atoms with Gasteiger partial charge in [-0.25, -0.2) is 4.79 Å². The molecule has 5 nitrogen and oxygen atoms in total. The van der Waals surface area contributed by atoms with Gasteiger partial charge >= 0.3 is 6.03 Å². The first-order valence-corrected chi connectivity index (χ1v) is 4.05. The summed E-state index contributed by atoms with van der Waals surface area (Å²) < 4.78 is 0. The molecule has 1 heterocycles. The predicted molar refractivity (Wildman–Crippen MR) is 44.9 cm³/mol. The van der Waals surface area contributed by atoms with Crippen molar-refractivity contribution in [2.75, 3.05) is 26.7 Å². The van der Waals surface area contributed by atoms with Gasteiger partial charge in [0.1, 0.15) is 0 Å². The van der Waals surface area contributed by atoms with Gasteiger partial charge in [-0.15, -0.1) is 0 Å². The van der Waals surface area contributed by atoms with Gasteiger partial charge in [-0.3, -0.25) is 0 Å². The van der Waals surface area contributed by atoms with Gasteiger partial charge in [-0.2, -0.15) is 0 Å². The van der Waals surface area contributed by atoms with Crippen molar-refractivity contribution in [1.29, 1.82) is 0 Å². The molecule has 1 saturated heterocycles. The van der Waals surface area contributed by atoms with E-state index in [2.05, 4.69) is 16.0 Å². The first kappa shape index (κ1) is 9.28. The smallest absolute Gasteiger partial charge is 0.314 e. The fourth-order valence-electron chi connectivity index (χ4n) is 1.21. The van der Waals surface area contributed by atoms with Gasteiger partial charge < -0.3 is 21.1 Å². The summed E-state index contributed by atoms with van der Waals surface area (Å²) in [4.78, 5) is 10.8. The molecule has 1 unspecified atom stereocenters. The van der Waals surface area contributed by atoms with E-state index in [4.69, 9.17) is 0 Å². The second kappa shape index (κ2) is 3.73. The van der Waals surface area contributed by atoms with Crippen LogP contribution >= 0.6 is 0 Å². The average molecular weight is 173 g/mol. The third-order valence-electron chi connectivity index (χ3n) is 2.03. The van der Waals surface area contributed by atoms with Crippen LogP contribution in [-0.4, -0.2) is 43.4 Å². The molecule has 4 N–H and O–H groups in total. The maximum absolute atomic E-state index is 10.8. The minimum Gasteiger partial charge on any atom is -0.387 e. The molecular weight excluding hydrogens is 158 g/mol. The quantitative estimate of drug-likeness (QED) is 0.417. The van der Waals surface area contributed by atoms with Gasteiger partial charge in [-0.05, 0) is 13.0 Å². The molecule has 1 aliphatic rings. The molecule has 0 aromatic carbocycles. The second-order valence-electron chi connectivity index (χ2n) is 3.08. The largest absolute Gasteiger partial charge is 0.387 e. The Hall–Kier alpha value is -0.810. The lowest BCUT2D eigenvalue weighted by atomic mass is 10.0. The molecule has 0 saturated carbocycles. The van der Waals surface area contributed by atoms with E-state index in [1.165, 1.54) is 0 Å². The fourth-order valence-corrected chi connectivity index (χ4v) is 1.21. The molecule has 0 aromatic heterocycles. The summed E-state index contributed by atoms with van der Waals surface area (Å²) in [6, 6.07) is -0.254. The van der Waals surface area contributed by atoms with E-state index in [9.17, 15) is 9.90 Å². The van der Waals surface area contributed by atoms with Crippen LogP contribution in [0, 0.1) is 0 Å². The van der Waals surface area contributed by atoms with Crippen LogP contribution in [0.1, 0.15) is 6.42 Å². The van der Waals surface area contributed by atoms with Crippen molar-refractivity contribution < 1.29 is 9.90 Å². The van der Waals surface area contributed by atoms with Crippen LogP contribution < -0.4 is 16.0 Å². The molecule has 1 aliphatic heterocycles. The van der Waals surface area contributed by atoms with E-state index in [-0.39, 0.29) is 6.03 Å². The molecule has 0 aliphatic carbocycles. The number of hydrogen-bond donors (Lipinski definition) is 4. The lowest BCUT2D eigenvalue weighted by Gasteiger charge is -2.21. The number of urea groups is 1. The van der Waals surface area contributed by atoms with E-state index in [1.54, 1.807) is 7.05 Å². The van der Waals surface area contributed by atoms with Crippen LogP contribution in [0.15, 0.2) is 0 Å². The highest BCUT2D eigenvalue weighted by molar-refractivity contribution is 5.73. The Morgan fingerprint density at radius 2 is 2.50 bits per heavy atom. The van der Waals surface area contributed by atoms with Gasteiger partial charge in [0.2, 0.25) is 0 Å². The Balaban J connectivity index is 2.25. The lowest BCUT2D eigenvalue weighted by Crippen LogP contribution is -2.46. The van der Waals surface area contributed by atoms with Crippen LogP contribution in [0.5, 0.6) is 0 Å². The first-order chi connectivity index (χ1) is 5.66. The van der Waals surface area contributed by atoms with E-state index in [0.717, 1.165) is 6.54 Å². The topological polar surface area (TPSA) is 73.4 Å². The normalized spacial score (nSPS) is 28.5. The van der Waals surface area contributed by atoms with Crippen LogP contribution in [0.4, 0.5) is 4.79 Å². The van der Waals surface area contributed by atoms with Crippen molar-refractivity contribution in [3.8, 4) is 0 Å². The molecule has 2 amide bonds. The Morgan fingerprint density at radius 1 is 1.75 bits per heavy atom. The van der Waals surface area contributed by atoms with Crippen LogP contribution in [0.25, 0.3) is 0 Å². The summed E-state index contributed by atoms with van der Waals surface area (Å²) in [5.41, 5.74) is -0.757. The number of carbonyl (C=O) groups is 1. The van der Waals surface area contributed by atoms with Crippen LogP contribution in [0.2, 0.25) is 0 Å². The number of β-amino-alcohol motifs (C(OH)–C–C–N with tert-alkyl or cyclic N) is 1. The fraction of sp³-hybridized carbons (Fsp3) is 0.857. The molecule has 1 rings (SSSR count). The van der Waals surface area contributed by atoms with Crippen LogP contribution in [-0.2, 0) is 0 Å². The Morgan fingerprint density at radius 3 is 3.00 bits per heavy atom. The third kappa shape index (κ3) is 2.35. The molecule has 1 atom stereocenters. The summed E-state index contributed by atoms with van der Waals surface area (Å²) in [5, 5.41) is 17.8. The van der Waals surface area contributed by atoms with E-state index in [0.29, 0.717) is 19.5 Å². The van der Waals surface area contributed by atoms with Gasteiger partial charge in [0.05, 0.1) is 5.60 Å². The summed E-state index contributed by atoms with van der Waals surface area (Å²) in [7, 11) is 1.55. The van der Waals surface area contributed by atoms with E-state index in [1.807, 2.05) is 0 Å². The molecule has 5 heteroatoms. The molecule has 0 bridgehead atoms. The van der Waals surface area contributed by atoms with Gasteiger partial charge in [0.15, 0.2) is 0 Å². The molecule has 0 radical (unpaired) electrons. The van der Waals surface area contributed by atoms with Crippen molar-refractivity contribution >= 4 is 6.03 Å². The zero-order chi connectivity index (χ0) is 9.03. The highest BCUT2D eigenvalue weighted by Gasteiger charge is 2.30. The van der Waals surface area contributed by atoms with E-state index >= 15 is 0 Å². The molecular formula is C7H15N3O2. The van der Waals surface area contributed by atoms with Crippen molar-refractivity contribution in [2.45, 2.75) is 12.0 Å². The standard InChI is InChI=1S/C7H15N3O2/c1-8-6(11)10-5-7(12)2-3-9-4-7/h9,12H,2-5H2,1H3,(H2,8,10,11). The predicted octanol–water partition coefficient (Wildman–Crippen LogP) is -1.36. The molecule has 12 heavy (non-hydrogen) atoms. The second-order valence-corrected chi connectivity index (χ2v) is 3.08. The molecule has 70 valence electrons. The minimum absolute atomic E-state index is 0.254. The Bertz CT molecular complexity index is 166. The SMILES string of the molecule is CNC(=O)NCC1(O)CCNC1. The van der Waals surface area contributed by atoms with E-state index < -0.39 is 5.60 Å². The maximum atomic E-state index is 10.8. The molecule has 0 spiro atoms. The van der Waals surface area contributed by atoms with Crippen molar-refractivity contribution in [3.05, 3.63) is 0 Å². The number of rotatable bonds is 2. The number of amides is 2. The van der Waals surface area contributed by atoms with Crippen molar-refractivity contribution in [3.63, 3.8) is 0 Å². The Kier molecular flexibility index (Phi) is 2.88. The lowest BCUT2D eigenvalue weighted by molar-refractivity contribution is 0.0635. The summed E-state index contributed by atoms with van der Waals surface area (Å²) in [5.74, 6) is 0. The summed E-state index contributed by atoms with van der Waals surface area (Å²) in [6.07, 6.45) is 0.691. The number of hydrogen-bond acceptors (Lipinski definition) is 3. The number of nitrogens with one attached hydrogen (secondary N) is 3. The van der Waals surface area contributed by atoms with Gasteiger partial charge in [-0.1, -0.05) is 0 Å². The zero-order valence-electron chi connectivity index (χ0n) is 7.18. The van der Waals surface area contributed by atoms with Gasteiger partial charge in [0.25, 0.3) is 0 Å². The summed E-state index contributed by atoms with van der Waals surface area (Å²) >= 11 is 0. The zero-order valence-corrected chi connectivity index (χ0v) is 7.18. The summed E-state index contributed by atoms with van der Waals surface area (Å²) in [6.45, 7) is 1.67. The molecule has 0 aromatic rings. The highest BCUT2D eigenvalue weighted by Crippen LogP contribution is 2.11. The Labute approximate surface area is 71.5 Å². The first-order valence-electron chi connectivity index (χ1n) is 4.05. The monoisotopic (exact) mass is 173 g/mol. The maximum Gasteiger partial charge on any atom is 0.314 e.